The second-order valence-corrected chi connectivity index (χ2v) is 6.47. The molecule has 0 bridgehead atoms. The van der Waals surface area contributed by atoms with Crippen LogP contribution in [0.4, 0.5) is 5.82 Å². The van der Waals surface area contributed by atoms with E-state index in [2.05, 4.69) is 26.2 Å². The molecule has 0 spiro atoms. The zero-order chi connectivity index (χ0) is 12.2. The number of rotatable bonds is 5. The third-order valence-electron chi connectivity index (χ3n) is 1.82. The highest BCUT2D eigenvalue weighted by molar-refractivity contribution is 9.10. The van der Waals surface area contributed by atoms with Gasteiger partial charge in [-0.05, 0) is 33.6 Å². The normalized spacial score (nSPS) is 11.4. The van der Waals surface area contributed by atoms with Crippen LogP contribution in [-0.2, 0) is 16.4 Å². The molecule has 2 N–H and O–H groups in total. The number of aromatic nitrogens is 1. The van der Waals surface area contributed by atoms with E-state index in [0.717, 1.165) is 0 Å². The lowest BCUT2D eigenvalue weighted by Gasteiger charge is -2.06. The molecule has 0 fully saturated rings. The summed E-state index contributed by atoms with van der Waals surface area (Å²) in [5, 5.41) is 11.9. The molecule has 0 radical (unpaired) electrons. The van der Waals surface area contributed by atoms with Gasteiger partial charge in [-0.3, -0.25) is 0 Å². The Morgan fingerprint density at radius 1 is 1.50 bits per heavy atom. The molecule has 0 atom stereocenters. The van der Waals surface area contributed by atoms with Crippen molar-refractivity contribution in [2.75, 3.05) is 23.9 Å². The first-order chi connectivity index (χ1) is 7.40. The summed E-state index contributed by atoms with van der Waals surface area (Å²) in [4.78, 5) is 4.10. The maximum Gasteiger partial charge on any atom is 0.149 e. The van der Waals surface area contributed by atoms with Gasteiger partial charge in [0.2, 0.25) is 0 Å². The third kappa shape index (κ3) is 4.91. The van der Waals surface area contributed by atoms with Gasteiger partial charge < -0.3 is 10.4 Å². The Balaban J connectivity index is 2.63. The molecule has 16 heavy (non-hydrogen) atoms. The Labute approximate surface area is 103 Å². The lowest BCUT2D eigenvalue weighted by Crippen LogP contribution is -2.14. The first kappa shape index (κ1) is 13.4. The second kappa shape index (κ2) is 5.60. The SMILES string of the molecule is CS(=O)(=O)CCNc1cc(CO)cc(Br)n1. The third-order valence-corrected chi connectivity index (χ3v) is 3.17. The van der Waals surface area contributed by atoms with Crippen LogP contribution in [0.3, 0.4) is 0 Å². The summed E-state index contributed by atoms with van der Waals surface area (Å²) in [5.41, 5.74) is 0.712. The van der Waals surface area contributed by atoms with E-state index in [1.807, 2.05) is 0 Å². The monoisotopic (exact) mass is 308 g/mol. The highest BCUT2D eigenvalue weighted by Gasteiger charge is 2.03. The van der Waals surface area contributed by atoms with Gasteiger partial charge in [0.1, 0.15) is 20.3 Å². The number of aliphatic hydroxyl groups excluding tert-OH is 1. The van der Waals surface area contributed by atoms with Crippen molar-refractivity contribution in [2.24, 2.45) is 0 Å². The van der Waals surface area contributed by atoms with E-state index in [1.54, 1.807) is 12.1 Å². The predicted octanol–water partition coefficient (Wildman–Crippen LogP) is 0.793. The van der Waals surface area contributed by atoms with E-state index in [9.17, 15) is 8.42 Å². The van der Waals surface area contributed by atoms with Crippen molar-refractivity contribution in [3.8, 4) is 0 Å². The minimum absolute atomic E-state index is 0.0512. The number of nitrogens with one attached hydrogen (secondary N) is 1. The molecule has 5 nitrogen and oxygen atoms in total. The number of pyridine rings is 1. The van der Waals surface area contributed by atoms with Gasteiger partial charge in [0, 0.05) is 12.8 Å². The molecule has 0 unspecified atom stereocenters. The van der Waals surface area contributed by atoms with Crippen molar-refractivity contribution < 1.29 is 13.5 Å². The van der Waals surface area contributed by atoms with Gasteiger partial charge in [0.05, 0.1) is 12.4 Å². The van der Waals surface area contributed by atoms with E-state index in [1.165, 1.54) is 6.26 Å². The zero-order valence-electron chi connectivity index (χ0n) is 8.77. The number of aliphatic hydroxyl groups is 1. The average molecular weight is 309 g/mol. The predicted molar refractivity (Wildman–Crippen MR) is 66.1 cm³/mol. The van der Waals surface area contributed by atoms with Gasteiger partial charge in [-0.15, -0.1) is 0 Å². The molecule has 1 aromatic rings. The summed E-state index contributed by atoms with van der Waals surface area (Å²) in [5.74, 6) is 0.595. The van der Waals surface area contributed by atoms with Gasteiger partial charge in [-0.25, -0.2) is 13.4 Å². The van der Waals surface area contributed by atoms with Crippen molar-refractivity contribution in [1.29, 1.82) is 0 Å². The van der Waals surface area contributed by atoms with Gasteiger partial charge in [-0.2, -0.15) is 0 Å². The molecule has 0 aliphatic rings. The summed E-state index contributed by atoms with van der Waals surface area (Å²) in [6.07, 6.45) is 1.18. The van der Waals surface area contributed by atoms with Crippen LogP contribution in [-0.4, -0.2) is 37.1 Å². The maximum atomic E-state index is 10.9. The minimum atomic E-state index is -2.97. The fraction of sp³-hybridized carbons (Fsp3) is 0.444. The smallest absolute Gasteiger partial charge is 0.149 e. The Hall–Kier alpha value is -0.660. The van der Waals surface area contributed by atoms with Gasteiger partial charge in [0.15, 0.2) is 0 Å². The number of nitrogens with zero attached hydrogens (tertiary/aromatic N) is 1. The van der Waals surface area contributed by atoms with Gasteiger partial charge in [-0.1, -0.05) is 0 Å². The van der Waals surface area contributed by atoms with Crippen LogP contribution >= 0.6 is 15.9 Å². The largest absolute Gasteiger partial charge is 0.392 e. The molecular weight excluding hydrogens is 296 g/mol. The van der Waals surface area contributed by atoms with Crippen LogP contribution in [0.25, 0.3) is 0 Å². The molecule has 0 aromatic carbocycles. The fourth-order valence-electron chi connectivity index (χ4n) is 1.10. The topological polar surface area (TPSA) is 79.3 Å². The van der Waals surface area contributed by atoms with Crippen molar-refractivity contribution in [3.63, 3.8) is 0 Å². The second-order valence-electron chi connectivity index (χ2n) is 3.40. The van der Waals surface area contributed by atoms with Crippen LogP contribution in [0, 0.1) is 0 Å². The lowest BCUT2D eigenvalue weighted by molar-refractivity contribution is 0.281. The number of anilines is 1. The molecule has 7 heteroatoms. The molecule has 90 valence electrons. The Kier molecular flexibility index (Phi) is 4.69. The molecule has 1 heterocycles. The molecule has 0 aliphatic heterocycles. The zero-order valence-corrected chi connectivity index (χ0v) is 11.2. The van der Waals surface area contributed by atoms with E-state index >= 15 is 0 Å². The van der Waals surface area contributed by atoms with E-state index in [4.69, 9.17) is 5.11 Å². The minimum Gasteiger partial charge on any atom is -0.392 e. The number of halogens is 1. The van der Waals surface area contributed by atoms with Crippen molar-refractivity contribution in [1.82, 2.24) is 4.98 Å². The van der Waals surface area contributed by atoms with Gasteiger partial charge in [0.25, 0.3) is 0 Å². The molecule has 0 amide bonds. The molecular formula is C9H13BrN2O3S. The lowest BCUT2D eigenvalue weighted by atomic mass is 10.3. The molecule has 1 aromatic heterocycles. The van der Waals surface area contributed by atoms with Gasteiger partial charge >= 0.3 is 0 Å². The maximum absolute atomic E-state index is 10.9. The van der Waals surface area contributed by atoms with Crippen LogP contribution < -0.4 is 5.32 Å². The summed E-state index contributed by atoms with van der Waals surface area (Å²) in [6.45, 7) is 0.217. The van der Waals surface area contributed by atoms with Crippen molar-refractivity contribution in [2.45, 2.75) is 6.61 Å². The quantitative estimate of drug-likeness (QED) is 0.786. The summed E-state index contributed by atoms with van der Waals surface area (Å²) < 4.78 is 22.4. The Morgan fingerprint density at radius 2 is 2.19 bits per heavy atom. The highest BCUT2D eigenvalue weighted by Crippen LogP contribution is 2.14. The van der Waals surface area contributed by atoms with Crippen LogP contribution in [0.2, 0.25) is 0 Å². The number of hydrogen-bond donors (Lipinski definition) is 2. The van der Waals surface area contributed by atoms with E-state index < -0.39 is 9.84 Å². The van der Waals surface area contributed by atoms with Crippen LogP contribution in [0.15, 0.2) is 16.7 Å². The van der Waals surface area contributed by atoms with Crippen LogP contribution in [0.5, 0.6) is 0 Å². The first-order valence-corrected chi connectivity index (χ1v) is 7.45. The fourth-order valence-corrected chi connectivity index (χ4v) is 2.05. The van der Waals surface area contributed by atoms with Crippen molar-refractivity contribution >= 4 is 31.6 Å². The van der Waals surface area contributed by atoms with E-state index in [-0.39, 0.29) is 12.4 Å². The standard InChI is InChI=1S/C9H13BrN2O3S/c1-16(14,15)3-2-11-9-5-7(6-13)4-8(10)12-9/h4-5,13H,2-3,6H2,1H3,(H,11,12). The summed E-state index contributed by atoms with van der Waals surface area (Å²) in [7, 11) is -2.97. The summed E-state index contributed by atoms with van der Waals surface area (Å²) >= 11 is 3.20. The number of sulfone groups is 1. The first-order valence-electron chi connectivity index (χ1n) is 4.59. The van der Waals surface area contributed by atoms with Crippen molar-refractivity contribution in [3.05, 3.63) is 22.3 Å². The molecule has 0 saturated heterocycles. The Morgan fingerprint density at radius 3 is 2.75 bits per heavy atom. The Bertz CT molecular complexity index is 462. The number of hydrogen-bond acceptors (Lipinski definition) is 5. The van der Waals surface area contributed by atoms with Crippen LogP contribution in [0.1, 0.15) is 5.56 Å². The molecule has 0 saturated carbocycles. The average Bonchev–Trinajstić information content (AvgIpc) is 2.14. The van der Waals surface area contributed by atoms with E-state index in [0.29, 0.717) is 22.5 Å². The summed E-state index contributed by atoms with van der Waals surface area (Å²) in [6, 6.07) is 3.37. The molecule has 1 rings (SSSR count). The highest BCUT2D eigenvalue weighted by atomic mass is 79.9. The molecule has 0 aliphatic carbocycles.